The van der Waals surface area contributed by atoms with Crippen LogP contribution in [0.3, 0.4) is 0 Å². The number of esters is 2. The maximum atomic E-state index is 13.0. The smallest absolute Gasteiger partial charge is 0.338 e. The van der Waals surface area contributed by atoms with Crippen LogP contribution in [0.25, 0.3) is 11.1 Å². The molecular formula is C29H30FN3O4. The van der Waals surface area contributed by atoms with Gasteiger partial charge in [-0.2, -0.15) is 0 Å². The summed E-state index contributed by atoms with van der Waals surface area (Å²) in [7, 11) is 0. The van der Waals surface area contributed by atoms with Crippen molar-refractivity contribution in [1.29, 1.82) is 0 Å². The van der Waals surface area contributed by atoms with E-state index in [9.17, 15) is 14.0 Å². The Labute approximate surface area is 215 Å². The van der Waals surface area contributed by atoms with E-state index in [4.69, 9.17) is 20.9 Å². The first-order valence-corrected chi connectivity index (χ1v) is 12.3. The average molecular weight is 504 g/mol. The number of hydrogen-bond acceptors (Lipinski definition) is 5. The minimum Gasteiger partial charge on any atom is -0.457 e. The van der Waals surface area contributed by atoms with Crippen LogP contribution < -0.4 is 16.2 Å². The Kier molecular flexibility index (Phi) is 8.51. The van der Waals surface area contributed by atoms with E-state index in [1.807, 2.05) is 24.3 Å². The molecule has 0 unspecified atom stereocenters. The molecule has 1 fully saturated rings. The fourth-order valence-corrected chi connectivity index (χ4v) is 4.34. The maximum absolute atomic E-state index is 13.0. The van der Waals surface area contributed by atoms with Crippen molar-refractivity contribution in [2.24, 2.45) is 28.3 Å². The first-order chi connectivity index (χ1) is 17.9. The van der Waals surface area contributed by atoms with E-state index in [1.165, 1.54) is 12.1 Å². The minimum absolute atomic E-state index is 0.0699. The molecule has 37 heavy (non-hydrogen) atoms. The molecule has 0 amide bonds. The molecule has 0 heterocycles. The van der Waals surface area contributed by atoms with Crippen LogP contribution in [-0.2, 0) is 16.1 Å². The highest BCUT2D eigenvalue weighted by molar-refractivity contribution is 5.90. The standard InChI is InChI=1S/C29H30FN3O4/c30-25-13-3-20(4-14-25)18-36-27(34)23-9-7-21(8-10-23)22-11-15-26(16-12-22)37-28(35)24-5-1-19(2-6-24)17-33-29(31)32/h3-4,7-16,19,24H,1-2,5-6,17-18H2,(H4,31,32,33). The molecule has 192 valence electrons. The quantitative estimate of drug-likeness (QED) is 0.197. The lowest BCUT2D eigenvalue weighted by molar-refractivity contribution is -0.140. The number of aliphatic imine (C=N–C) groups is 1. The molecule has 4 N–H and O–H groups in total. The number of halogens is 1. The van der Waals surface area contributed by atoms with Crippen molar-refractivity contribution < 1.29 is 23.5 Å². The van der Waals surface area contributed by atoms with Crippen molar-refractivity contribution in [1.82, 2.24) is 0 Å². The Morgan fingerprint density at radius 1 is 0.838 bits per heavy atom. The van der Waals surface area contributed by atoms with Gasteiger partial charge in [0.15, 0.2) is 5.96 Å². The third kappa shape index (κ3) is 7.39. The van der Waals surface area contributed by atoms with Crippen LogP contribution in [-0.4, -0.2) is 24.4 Å². The summed E-state index contributed by atoms with van der Waals surface area (Å²) in [4.78, 5) is 29.0. The summed E-state index contributed by atoms with van der Waals surface area (Å²) in [6.45, 7) is 0.671. The molecule has 0 spiro atoms. The van der Waals surface area contributed by atoms with E-state index in [0.29, 0.717) is 29.3 Å². The van der Waals surface area contributed by atoms with Crippen LogP contribution in [0.15, 0.2) is 77.8 Å². The van der Waals surface area contributed by atoms with E-state index in [-0.39, 0.29) is 30.3 Å². The number of carbonyl (C=O) groups excluding carboxylic acids is 2. The second kappa shape index (κ2) is 12.2. The molecule has 7 nitrogen and oxygen atoms in total. The Balaban J connectivity index is 1.27. The lowest BCUT2D eigenvalue weighted by Crippen LogP contribution is -2.28. The molecule has 0 saturated heterocycles. The van der Waals surface area contributed by atoms with Gasteiger partial charge in [0.1, 0.15) is 18.2 Å². The van der Waals surface area contributed by atoms with Crippen LogP contribution in [0.5, 0.6) is 5.75 Å². The van der Waals surface area contributed by atoms with E-state index < -0.39 is 5.97 Å². The van der Waals surface area contributed by atoms with Gasteiger partial charge in [0, 0.05) is 6.54 Å². The van der Waals surface area contributed by atoms with Crippen molar-refractivity contribution in [3.05, 3.63) is 89.7 Å². The molecule has 1 saturated carbocycles. The number of nitrogens with zero attached hydrogens (tertiary/aromatic N) is 1. The van der Waals surface area contributed by atoms with Crippen molar-refractivity contribution in [2.45, 2.75) is 32.3 Å². The molecule has 0 aromatic heterocycles. The first-order valence-electron chi connectivity index (χ1n) is 12.3. The predicted molar refractivity (Wildman–Crippen MR) is 139 cm³/mol. The van der Waals surface area contributed by atoms with Crippen LogP contribution in [0.1, 0.15) is 41.6 Å². The van der Waals surface area contributed by atoms with E-state index in [1.54, 1.807) is 36.4 Å². The maximum Gasteiger partial charge on any atom is 0.338 e. The molecule has 4 rings (SSSR count). The molecule has 8 heteroatoms. The van der Waals surface area contributed by atoms with E-state index in [0.717, 1.165) is 36.8 Å². The van der Waals surface area contributed by atoms with Gasteiger partial charge in [-0.15, -0.1) is 0 Å². The number of ether oxygens (including phenoxy) is 2. The van der Waals surface area contributed by atoms with E-state index in [2.05, 4.69) is 4.99 Å². The van der Waals surface area contributed by atoms with Gasteiger partial charge in [-0.1, -0.05) is 36.4 Å². The lowest BCUT2D eigenvalue weighted by atomic mass is 9.82. The molecule has 3 aromatic carbocycles. The zero-order chi connectivity index (χ0) is 26.2. The summed E-state index contributed by atoms with van der Waals surface area (Å²) >= 11 is 0. The van der Waals surface area contributed by atoms with Crippen molar-refractivity contribution in [3.63, 3.8) is 0 Å². The van der Waals surface area contributed by atoms with Gasteiger partial charge in [-0.05, 0) is 84.7 Å². The second-order valence-corrected chi connectivity index (χ2v) is 9.21. The summed E-state index contributed by atoms with van der Waals surface area (Å²) in [5.74, 6) is -0.130. The first kappa shape index (κ1) is 25.9. The summed E-state index contributed by atoms with van der Waals surface area (Å²) in [6, 6.07) is 20.1. The predicted octanol–water partition coefficient (Wildman–Crippen LogP) is 4.83. The van der Waals surface area contributed by atoms with Crippen molar-refractivity contribution >= 4 is 17.9 Å². The highest BCUT2D eigenvalue weighted by atomic mass is 19.1. The minimum atomic E-state index is -0.455. The van der Waals surface area contributed by atoms with Crippen molar-refractivity contribution in [3.8, 4) is 16.9 Å². The van der Waals surface area contributed by atoms with Gasteiger partial charge in [-0.3, -0.25) is 9.79 Å². The average Bonchev–Trinajstić information content (AvgIpc) is 2.92. The van der Waals surface area contributed by atoms with Gasteiger partial charge in [-0.25, -0.2) is 9.18 Å². The number of rotatable bonds is 8. The largest absolute Gasteiger partial charge is 0.457 e. The van der Waals surface area contributed by atoms with E-state index >= 15 is 0 Å². The monoisotopic (exact) mass is 503 g/mol. The van der Waals surface area contributed by atoms with Gasteiger partial charge in [0.2, 0.25) is 0 Å². The Hall–Kier alpha value is -4.20. The van der Waals surface area contributed by atoms with Gasteiger partial charge < -0.3 is 20.9 Å². The molecule has 0 aliphatic heterocycles. The molecule has 0 radical (unpaired) electrons. The number of hydrogen-bond donors (Lipinski definition) is 2. The molecule has 1 aliphatic rings. The SMILES string of the molecule is NC(N)=NCC1CCC(C(=O)Oc2ccc(-c3ccc(C(=O)OCc4ccc(F)cc4)cc3)cc2)CC1. The van der Waals surface area contributed by atoms with Gasteiger partial charge >= 0.3 is 11.9 Å². The molecule has 1 aliphatic carbocycles. The lowest BCUT2D eigenvalue weighted by Gasteiger charge is -2.26. The van der Waals surface area contributed by atoms with Gasteiger partial charge in [0.05, 0.1) is 11.5 Å². The number of benzene rings is 3. The Morgan fingerprint density at radius 3 is 2.03 bits per heavy atom. The molecule has 0 atom stereocenters. The molecule has 3 aromatic rings. The third-order valence-corrected chi connectivity index (χ3v) is 6.52. The normalized spacial score (nSPS) is 17.0. The number of nitrogens with two attached hydrogens (primary N) is 2. The summed E-state index contributed by atoms with van der Waals surface area (Å²) in [6.07, 6.45) is 3.32. The number of guanidine groups is 1. The topological polar surface area (TPSA) is 117 Å². The van der Waals surface area contributed by atoms with Crippen LogP contribution in [0, 0.1) is 17.7 Å². The zero-order valence-electron chi connectivity index (χ0n) is 20.4. The molecule has 0 bridgehead atoms. The zero-order valence-corrected chi connectivity index (χ0v) is 20.4. The van der Waals surface area contributed by atoms with Crippen molar-refractivity contribution in [2.75, 3.05) is 6.54 Å². The highest BCUT2D eigenvalue weighted by Crippen LogP contribution is 2.31. The summed E-state index contributed by atoms with van der Waals surface area (Å²) in [5.41, 5.74) is 13.8. The van der Waals surface area contributed by atoms with Gasteiger partial charge in [0.25, 0.3) is 0 Å². The molecular weight excluding hydrogens is 473 g/mol. The number of carbonyl (C=O) groups is 2. The highest BCUT2D eigenvalue weighted by Gasteiger charge is 2.27. The fourth-order valence-electron chi connectivity index (χ4n) is 4.34. The Bertz CT molecular complexity index is 1230. The fraction of sp³-hybridized carbons (Fsp3) is 0.276. The van der Waals surface area contributed by atoms with Crippen LogP contribution in [0.4, 0.5) is 4.39 Å². The second-order valence-electron chi connectivity index (χ2n) is 9.21. The summed E-state index contributed by atoms with van der Waals surface area (Å²) in [5, 5.41) is 0. The third-order valence-electron chi connectivity index (χ3n) is 6.52. The summed E-state index contributed by atoms with van der Waals surface area (Å²) < 4.78 is 23.9. The Morgan fingerprint density at radius 2 is 1.43 bits per heavy atom. The van der Waals surface area contributed by atoms with Crippen LogP contribution >= 0.6 is 0 Å². The van der Waals surface area contributed by atoms with Crippen LogP contribution in [0.2, 0.25) is 0 Å².